The SMILES string of the molecule is O=C(Nc1cc(-c2cc(C(F)(F)F)cc3c2N=CC3)c[nH]c1=O)c1ccc(N2CCCCC2)cc1. The van der Waals surface area contributed by atoms with Crippen LogP contribution in [0.2, 0.25) is 0 Å². The van der Waals surface area contributed by atoms with Crippen LogP contribution in [0, 0.1) is 0 Å². The Bertz CT molecular complexity index is 1350. The molecule has 0 unspecified atom stereocenters. The summed E-state index contributed by atoms with van der Waals surface area (Å²) in [7, 11) is 0. The molecular weight excluding hydrogens is 457 g/mol. The van der Waals surface area contributed by atoms with Crippen molar-refractivity contribution in [3.05, 3.63) is 75.7 Å². The second kappa shape index (κ2) is 9.05. The van der Waals surface area contributed by atoms with Crippen LogP contribution in [0.4, 0.5) is 30.2 Å². The van der Waals surface area contributed by atoms with Crippen molar-refractivity contribution in [1.82, 2.24) is 4.98 Å². The van der Waals surface area contributed by atoms with Crippen LogP contribution in [0.25, 0.3) is 11.1 Å². The number of nitrogens with zero attached hydrogens (tertiary/aromatic N) is 2. The van der Waals surface area contributed by atoms with E-state index in [-0.39, 0.29) is 11.3 Å². The summed E-state index contributed by atoms with van der Waals surface area (Å²) in [6, 6.07) is 10.6. The first-order valence-electron chi connectivity index (χ1n) is 11.5. The highest BCUT2D eigenvalue weighted by atomic mass is 19.4. The molecule has 2 aliphatic rings. The zero-order valence-corrected chi connectivity index (χ0v) is 18.8. The molecule has 1 aromatic heterocycles. The number of piperidine rings is 1. The maximum absolute atomic E-state index is 13.4. The minimum absolute atomic E-state index is 0.0549. The first kappa shape index (κ1) is 22.9. The van der Waals surface area contributed by atoms with Gasteiger partial charge < -0.3 is 15.2 Å². The number of carbonyl (C=O) groups is 1. The Morgan fingerprint density at radius 2 is 1.77 bits per heavy atom. The molecule has 2 aromatic carbocycles. The number of halogens is 3. The molecule has 3 heterocycles. The predicted octanol–water partition coefficient (Wildman–Crippen LogP) is 5.56. The third-order valence-electron chi connectivity index (χ3n) is 6.36. The molecule has 2 N–H and O–H groups in total. The fourth-order valence-corrected chi connectivity index (χ4v) is 4.52. The lowest BCUT2D eigenvalue weighted by Crippen LogP contribution is -2.29. The van der Waals surface area contributed by atoms with Crippen molar-refractivity contribution in [1.29, 1.82) is 0 Å². The van der Waals surface area contributed by atoms with Gasteiger partial charge in [-0.05, 0) is 67.3 Å². The standard InChI is InChI=1S/C26H23F3N4O2/c27-26(28,29)19-12-17-8-9-30-23(17)21(14-19)18-13-22(25(35)31-15-18)32-24(34)16-4-6-20(7-5-16)33-10-2-1-3-11-33/h4-7,9,12-15H,1-3,8,10-11H2,(H,31,35)(H,32,34). The predicted molar refractivity (Wildman–Crippen MR) is 130 cm³/mol. The van der Waals surface area contributed by atoms with Crippen molar-refractivity contribution < 1.29 is 18.0 Å². The summed E-state index contributed by atoms with van der Waals surface area (Å²) in [4.78, 5) is 34.2. The number of carbonyl (C=O) groups excluding carboxylic acids is 1. The van der Waals surface area contributed by atoms with E-state index >= 15 is 0 Å². The third kappa shape index (κ3) is 4.71. The zero-order chi connectivity index (χ0) is 24.6. The van der Waals surface area contributed by atoms with E-state index in [1.807, 2.05) is 12.1 Å². The van der Waals surface area contributed by atoms with Crippen LogP contribution in [0.15, 0.2) is 58.4 Å². The van der Waals surface area contributed by atoms with Gasteiger partial charge in [0, 0.05) is 54.3 Å². The fraction of sp³-hybridized carbons (Fsp3) is 0.269. The lowest BCUT2D eigenvalue weighted by atomic mass is 9.97. The smallest absolute Gasteiger partial charge is 0.372 e. The van der Waals surface area contributed by atoms with Crippen molar-refractivity contribution in [2.45, 2.75) is 31.9 Å². The number of H-pyrrole nitrogens is 1. The van der Waals surface area contributed by atoms with Crippen LogP contribution in [-0.2, 0) is 12.6 Å². The van der Waals surface area contributed by atoms with Gasteiger partial charge in [-0.25, -0.2) is 0 Å². The summed E-state index contributed by atoms with van der Waals surface area (Å²) in [5, 5.41) is 2.59. The van der Waals surface area contributed by atoms with Gasteiger partial charge >= 0.3 is 6.18 Å². The molecule has 35 heavy (non-hydrogen) atoms. The Balaban J connectivity index is 1.42. The number of aliphatic imine (C=N–C) groups is 1. The highest BCUT2D eigenvalue weighted by molar-refractivity contribution is 6.04. The molecule has 1 amide bonds. The number of pyridine rings is 1. The number of benzene rings is 2. The van der Waals surface area contributed by atoms with Gasteiger partial charge in [-0.1, -0.05) is 0 Å². The van der Waals surface area contributed by atoms with Gasteiger partial charge in [0.25, 0.3) is 11.5 Å². The Kier molecular flexibility index (Phi) is 5.92. The Labute approximate surface area is 199 Å². The van der Waals surface area contributed by atoms with Gasteiger partial charge in [-0.15, -0.1) is 0 Å². The molecule has 0 atom stereocenters. The van der Waals surface area contributed by atoms with Gasteiger partial charge in [-0.2, -0.15) is 13.2 Å². The zero-order valence-electron chi connectivity index (χ0n) is 18.8. The van der Waals surface area contributed by atoms with Crippen LogP contribution in [0.1, 0.15) is 40.7 Å². The summed E-state index contributed by atoms with van der Waals surface area (Å²) in [6.45, 7) is 1.97. The van der Waals surface area contributed by atoms with Crippen molar-refractivity contribution in [3.63, 3.8) is 0 Å². The molecule has 0 radical (unpaired) electrons. The van der Waals surface area contributed by atoms with Gasteiger partial charge in [0.05, 0.1) is 11.3 Å². The van der Waals surface area contributed by atoms with E-state index in [0.717, 1.165) is 43.8 Å². The number of rotatable bonds is 4. The van der Waals surface area contributed by atoms with Gasteiger partial charge in [-0.3, -0.25) is 14.6 Å². The number of amides is 1. The van der Waals surface area contributed by atoms with E-state index in [9.17, 15) is 22.8 Å². The molecule has 3 aromatic rings. The lowest BCUT2D eigenvalue weighted by Gasteiger charge is -2.28. The van der Waals surface area contributed by atoms with E-state index in [1.165, 1.54) is 18.7 Å². The highest BCUT2D eigenvalue weighted by Gasteiger charge is 2.33. The molecule has 1 fully saturated rings. The van der Waals surface area contributed by atoms with Crippen molar-refractivity contribution in [2.75, 3.05) is 23.3 Å². The highest BCUT2D eigenvalue weighted by Crippen LogP contribution is 2.41. The number of fused-ring (bicyclic) bond motifs is 1. The van der Waals surface area contributed by atoms with Crippen LogP contribution >= 0.6 is 0 Å². The maximum Gasteiger partial charge on any atom is 0.416 e. The van der Waals surface area contributed by atoms with Gasteiger partial charge in [0.2, 0.25) is 0 Å². The summed E-state index contributed by atoms with van der Waals surface area (Å²) in [5.41, 5.74) is 1.46. The van der Waals surface area contributed by atoms with Crippen molar-refractivity contribution in [2.24, 2.45) is 4.99 Å². The first-order valence-corrected chi connectivity index (χ1v) is 11.5. The van der Waals surface area contributed by atoms with Crippen molar-refractivity contribution in [3.8, 4) is 11.1 Å². The number of hydrogen-bond donors (Lipinski definition) is 2. The largest absolute Gasteiger partial charge is 0.416 e. The molecule has 0 aliphatic carbocycles. The molecule has 2 aliphatic heterocycles. The molecule has 5 rings (SSSR count). The summed E-state index contributed by atoms with van der Waals surface area (Å²) in [5.74, 6) is -0.481. The molecule has 6 nitrogen and oxygen atoms in total. The molecule has 180 valence electrons. The van der Waals surface area contributed by atoms with E-state index < -0.39 is 23.2 Å². The number of hydrogen-bond acceptors (Lipinski definition) is 4. The molecular formula is C26H23F3N4O2. The van der Waals surface area contributed by atoms with Crippen LogP contribution in [0.3, 0.4) is 0 Å². The minimum atomic E-state index is -4.52. The quantitative estimate of drug-likeness (QED) is 0.513. The number of aromatic nitrogens is 1. The lowest BCUT2D eigenvalue weighted by molar-refractivity contribution is -0.137. The van der Waals surface area contributed by atoms with Crippen molar-refractivity contribution >= 4 is 29.2 Å². The van der Waals surface area contributed by atoms with E-state index in [0.29, 0.717) is 28.8 Å². The second-order valence-corrected chi connectivity index (χ2v) is 8.72. The monoisotopic (exact) mass is 480 g/mol. The molecule has 0 saturated carbocycles. The summed E-state index contributed by atoms with van der Waals surface area (Å²) in [6.07, 6.45) is 2.16. The Morgan fingerprint density at radius 3 is 2.49 bits per heavy atom. The number of alkyl halides is 3. The van der Waals surface area contributed by atoms with Crippen LogP contribution in [-0.4, -0.2) is 30.2 Å². The Hall–Kier alpha value is -3.88. The molecule has 0 spiro atoms. The topological polar surface area (TPSA) is 77.6 Å². The second-order valence-electron chi connectivity index (χ2n) is 8.72. The van der Waals surface area contributed by atoms with Gasteiger partial charge in [0.15, 0.2) is 0 Å². The number of nitrogens with one attached hydrogen (secondary N) is 2. The average Bonchev–Trinajstić information content (AvgIpc) is 3.34. The number of aromatic amines is 1. The maximum atomic E-state index is 13.4. The third-order valence-corrected chi connectivity index (χ3v) is 6.36. The molecule has 1 saturated heterocycles. The van der Waals surface area contributed by atoms with E-state index in [2.05, 4.69) is 20.2 Å². The minimum Gasteiger partial charge on any atom is -0.372 e. The normalized spacial score (nSPS) is 15.2. The van der Waals surface area contributed by atoms with Crippen LogP contribution < -0.4 is 15.8 Å². The van der Waals surface area contributed by atoms with E-state index in [1.54, 1.807) is 18.3 Å². The summed E-state index contributed by atoms with van der Waals surface area (Å²) >= 11 is 0. The van der Waals surface area contributed by atoms with Gasteiger partial charge in [0.1, 0.15) is 5.69 Å². The fourth-order valence-electron chi connectivity index (χ4n) is 4.52. The first-order chi connectivity index (χ1) is 16.8. The average molecular weight is 480 g/mol. The van der Waals surface area contributed by atoms with Crippen LogP contribution in [0.5, 0.6) is 0 Å². The molecule has 0 bridgehead atoms. The Morgan fingerprint density at radius 1 is 1.03 bits per heavy atom. The summed E-state index contributed by atoms with van der Waals surface area (Å²) < 4.78 is 40.3. The van der Waals surface area contributed by atoms with E-state index in [4.69, 9.17) is 0 Å². The molecule has 9 heteroatoms. The number of anilines is 2.